The van der Waals surface area contributed by atoms with Gasteiger partial charge in [-0.3, -0.25) is 4.99 Å². The van der Waals surface area contributed by atoms with Crippen molar-refractivity contribution in [3.8, 4) is 0 Å². The van der Waals surface area contributed by atoms with Gasteiger partial charge in [-0.1, -0.05) is 12.1 Å². The maximum atomic E-state index is 5.74. The van der Waals surface area contributed by atoms with Crippen LogP contribution >= 0.6 is 11.8 Å². The quantitative estimate of drug-likeness (QED) is 0.794. The number of nitrogens with zero attached hydrogens (tertiary/aromatic N) is 2. The fourth-order valence-electron chi connectivity index (χ4n) is 1.89. The van der Waals surface area contributed by atoms with Gasteiger partial charge >= 0.3 is 0 Å². The van der Waals surface area contributed by atoms with Crippen LogP contribution in [0.25, 0.3) is 0 Å². The van der Waals surface area contributed by atoms with Gasteiger partial charge in [-0.05, 0) is 24.0 Å². The number of rotatable bonds is 2. The predicted octanol–water partition coefficient (Wildman–Crippen LogP) is 1.75. The van der Waals surface area contributed by atoms with Crippen molar-refractivity contribution in [1.82, 2.24) is 4.90 Å². The second kappa shape index (κ2) is 4.78. The SMILES string of the molecule is CSc1ccc(C2CN=C(N)N(C)C2)cc1. The Balaban J connectivity index is 2.13. The van der Waals surface area contributed by atoms with Crippen LogP contribution in [0.3, 0.4) is 0 Å². The Morgan fingerprint density at radius 1 is 1.38 bits per heavy atom. The van der Waals surface area contributed by atoms with Gasteiger partial charge in [0, 0.05) is 24.4 Å². The minimum atomic E-state index is 0.466. The molecule has 3 nitrogen and oxygen atoms in total. The molecule has 0 saturated carbocycles. The number of benzene rings is 1. The van der Waals surface area contributed by atoms with Crippen LogP contribution in [0.2, 0.25) is 0 Å². The lowest BCUT2D eigenvalue weighted by molar-refractivity contribution is 0.422. The highest BCUT2D eigenvalue weighted by atomic mass is 32.2. The standard InChI is InChI=1S/C12H17N3S/c1-15-8-10(7-14-12(15)13)9-3-5-11(16-2)6-4-9/h3-6,10H,7-8H2,1-2H3,(H2,13,14). The first kappa shape index (κ1) is 11.3. The summed E-state index contributed by atoms with van der Waals surface area (Å²) in [5, 5.41) is 0. The molecule has 0 fully saturated rings. The molecule has 1 aromatic carbocycles. The van der Waals surface area contributed by atoms with Gasteiger partial charge in [-0.25, -0.2) is 0 Å². The Hall–Kier alpha value is -1.16. The first-order chi connectivity index (χ1) is 7.70. The van der Waals surface area contributed by atoms with E-state index in [0.29, 0.717) is 11.9 Å². The number of hydrogen-bond acceptors (Lipinski definition) is 4. The molecule has 4 heteroatoms. The maximum Gasteiger partial charge on any atom is 0.191 e. The largest absolute Gasteiger partial charge is 0.370 e. The molecule has 86 valence electrons. The minimum Gasteiger partial charge on any atom is -0.370 e. The van der Waals surface area contributed by atoms with E-state index in [1.165, 1.54) is 10.5 Å². The topological polar surface area (TPSA) is 41.6 Å². The van der Waals surface area contributed by atoms with Crippen molar-refractivity contribution >= 4 is 17.7 Å². The Kier molecular flexibility index (Phi) is 3.39. The van der Waals surface area contributed by atoms with Crippen LogP contribution in [0.4, 0.5) is 0 Å². The summed E-state index contributed by atoms with van der Waals surface area (Å²) in [5.41, 5.74) is 7.08. The summed E-state index contributed by atoms with van der Waals surface area (Å²) in [6.07, 6.45) is 2.09. The van der Waals surface area contributed by atoms with Crippen molar-refractivity contribution in [3.05, 3.63) is 29.8 Å². The number of guanidine groups is 1. The molecule has 0 saturated heterocycles. The molecule has 0 bridgehead atoms. The van der Waals surface area contributed by atoms with E-state index >= 15 is 0 Å². The molecule has 1 aliphatic rings. The molecule has 2 N–H and O–H groups in total. The van der Waals surface area contributed by atoms with Crippen LogP contribution in [-0.4, -0.2) is 37.3 Å². The van der Waals surface area contributed by atoms with Crippen LogP contribution in [0.5, 0.6) is 0 Å². The van der Waals surface area contributed by atoms with Gasteiger partial charge in [0.2, 0.25) is 0 Å². The summed E-state index contributed by atoms with van der Waals surface area (Å²) < 4.78 is 0. The predicted molar refractivity (Wildman–Crippen MR) is 70.1 cm³/mol. The third-order valence-electron chi connectivity index (χ3n) is 2.95. The van der Waals surface area contributed by atoms with Gasteiger partial charge < -0.3 is 10.6 Å². The highest BCUT2D eigenvalue weighted by Gasteiger charge is 2.19. The Morgan fingerprint density at radius 3 is 2.62 bits per heavy atom. The third kappa shape index (κ3) is 2.32. The molecular formula is C12H17N3S. The van der Waals surface area contributed by atoms with Gasteiger partial charge in [-0.2, -0.15) is 0 Å². The van der Waals surface area contributed by atoms with Crippen LogP contribution in [-0.2, 0) is 0 Å². The molecule has 1 aliphatic heterocycles. The third-order valence-corrected chi connectivity index (χ3v) is 3.69. The smallest absolute Gasteiger partial charge is 0.191 e. The number of aliphatic imine (C=N–C) groups is 1. The molecule has 1 atom stereocenters. The molecule has 0 aliphatic carbocycles. The molecule has 1 heterocycles. The second-order valence-corrected chi connectivity index (χ2v) is 4.93. The van der Waals surface area contributed by atoms with E-state index in [1.54, 1.807) is 11.8 Å². The van der Waals surface area contributed by atoms with Crippen molar-refractivity contribution in [1.29, 1.82) is 0 Å². The van der Waals surface area contributed by atoms with E-state index in [-0.39, 0.29) is 0 Å². The fourth-order valence-corrected chi connectivity index (χ4v) is 2.30. The summed E-state index contributed by atoms with van der Waals surface area (Å²) in [4.78, 5) is 7.64. The average molecular weight is 235 g/mol. The van der Waals surface area contributed by atoms with Gasteiger partial charge in [0.25, 0.3) is 0 Å². The lowest BCUT2D eigenvalue weighted by Crippen LogP contribution is -2.41. The van der Waals surface area contributed by atoms with E-state index in [0.717, 1.165) is 13.1 Å². The molecule has 0 aromatic heterocycles. The van der Waals surface area contributed by atoms with E-state index in [2.05, 4.69) is 35.5 Å². The van der Waals surface area contributed by atoms with Gasteiger partial charge in [0.15, 0.2) is 5.96 Å². The number of hydrogen-bond donors (Lipinski definition) is 1. The molecule has 0 radical (unpaired) electrons. The van der Waals surface area contributed by atoms with Crippen LogP contribution in [0.15, 0.2) is 34.2 Å². The lowest BCUT2D eigenvalue weighted by Gasteiger charge is -2.29. The highest BCUT2D eigenvalue weighted by molar-refractivity contribution is 7.98. The molecular weight excluding hydrogens is 218 g/mol. The Morgan fingerprint density at radius 2 is 2.06 bits per heavy atom. The minimum absolute atomic E-state index is 0.466. The monoisotopic (exact) mass is 235 g/mol. The Labute approximate surface area is 101 Å². The van der Waals surface area contributed by atoms with Crippen molar-refractivity contribution in [2.45, 2.75) is 10.8 Å². The normalized spacial score (nSPS) is 20.8. The van der Waals surface area contributed by atoms with E-state index in [4.69, 9.17) is 5.73 Å². The number of thioether (sulfide) groups is 1. The summed E-state index contributed by atoms with van der Waals surface area (Å²) in [6.45, 7) is 1.75. The lowest BCUT2D eigenvalue weighted by atomic mass is 9.98. The first-order valence-electron chi connectivity index (χ1n) is 5.35. The van der Waals surface area contributed by atoms with E-state index in [1.807, 2.05) is 11.9 Å². The van der Waals surface area contributed by atoms with Crippen molar-refractivity contribution in [2.24, 2.45) is 10.7 Å². The first-order valence-corrected chi connectivity index (χ1v) is 6.58. The molecule has 1 aromatic rings. The maximum absolute atomic E-state index is 5.74. The van der Waals surface area contributed by atoms with Crippen molar-refractivity contribution < 1.29 is 0 Å². The van der Waals surface area contributed by atoms with Gasteiger partial charge in [0.1, 0.15) is 0 Å². The van der Waals surface area contributed by atoms with Gasteiger partial charge in [0.05, 0.1) is 6.54 Å². The summed E-state index contributed by atoms with van der Waals surface area (Å²) in [6, 6.07) is 8.73. The zero-order valence-corrected chi connectivity index (χ0v) is 10.5. The molecule has 1 unspecified atom stereocenters. The second-order valence-electron chi connectivity index (χ2n) is 4.05. The van der Waals surface area contributed by atoms with Crippen molar-refractivity contribution in [2.75, 3.05) is 26.4 Å². The summed E-state index contributed by atoms with van der Waals surface area (Å²) in [7, 11) is 1.99. The van der Waals surface area contributed by atoms with Crippen molar-refractivity contribution in [3.63, 3.8) is 0 Å². The van der Waals surface area contributed by atoms with Crippen LogP contribution < -0.4 is 5.73 Å². The average Bonchev–Trinajstić information content (AvgIpc) is 2.33. The van der Waals surface area contributed by atoms with Crippen LogP contribution in [0.1, 0.15) is 11.5 Å². The summed E-state index contributed by atoms with van der Waals surface area (Å²) in [5.74, 6) is 1.12. The molecule has 16 heavy (non-hydrogen) atoms. The molecule has 0 spiro atoms. The van der Waals surface area contributed by atoms with Gasteiger partial charge in [-0.15, -0.1) is 11.8 Å². The number of nitrogens with two attached hydrogens (primary N) is 1. The molecule has 2 rings (SSSR count). The summed E-state index contributed by atoms with van der Waals surface area (Å²) >= 11 is 1.77. The Bertz CT molecular complexity index is 386. The van der Waals surface area contributed by atoms with E-state index < -0.39 is 0 Å². The number of likely N-dealkylation sites (N-methyl/N-ethyl adjacent to an activating group) is 1. The van der Waals surface area contributed by atoms with Crippen LogP contribution in [0, 0.1) is 0 Å². The molecule has 0 amide bonds. The zero-order valence-electron chi connectivity index (χ0n) is 9.68. The highest BCUT2D eigenvalue weighted by Crippen LogP contribution is 2.23. The van der Waals surface area contributed by atoms with E-state index in [9.17, 15) is 0 Å². The fraction of sp³-hybridized carbons (Fsp3) is 0.417. The zero-order chi connectivity index (χ0) is 11.5.